The quantitative estimate of drug-likeness (QED) is 0.648. The van der Waals surface area contributed by atoms with E-state index < -0.39 is 9.85 Å². The summed E-state index contributed by atoms with van der Waals surface area (Å²) in [4.78, 5) is 21.1. The van der Waals surface area contributed by atoms with Gasteiger partial charge in [-0.15, -0.1) is 0 Å². The van der Waals surface area contributed by atoms with Crippen LogP contribution in [-0.4, -0.2) is 9.85 Å². The molecule has 0 radical (unpaired) electrons. The Morgan fingerprint density at radius 2 is 1.64 bits per heavy atom. The number of hydrogen-bond acceptors (Lipinski definition) is 5. The molecule has 0 heterocycles. The summed E-state index contributed by atoms with van der Waals surface area (Å²) in [6.07, 6.45) is 0.570. The van der Waals surface area contributed by atoms with Crippen LogP contribution in [0.4, 0.5) is 17.1 Å². The van der Waals surface area contributed by atoms with Gasteiger partial charge in [0.05, 0.1) is 9.85 Å². The third-order valence-corrected chi connectivity index (χ3v) is 3.33. The lowest BCUT2D eigenvalue weighted by atomic mass is 10.1. The first-order chi connectivity index (χ1) is 10.5. The summed E-state index contributed by atoms with van der Waals surface area (Å²) in [6.45, 7) is 2.07. The van der Waals surface area contributed by atoms with Gasteiger partial charge < -0.3 is 5.32 Å². The lowest BCUT2D eigenvalue weighted by Gasteiger charge is -2.08. The Kier molecular flexibility index (Phi) is 4.67. The molecule has 22 heavy (non-hydrogen) atoms. The predicted molar refractivity (Wildman–Crippen MR) is 82.9 cm³/mol. The topological polar surface area (TPSA) is 98.3 Å². The normalized spacial score (nSPS) is 10.2. The Morgan fingerprint density at radius 1 is 0.955 bits per heavy atom. The summed E-state index contributed by atoms with van der Waals surface area (Å²) in [5.74, 6) is 0. The standard InChI is InChI=1S/C15H15N3O4/c1-2-11-7-8-13(9-15(11)18(21)22)16-10-12-5-3-4-6-14(12)17(19)20/h3-9,16H,2,10H2,1H3. The number of nitrogens with zero attached hydrogens (tertiary/aromatic N) is 2. The molecule has 0 atom stereocenters. The molecule has 0 unspecified atom stereocenters. The van der Waals surface area contributed by atoms with Crippen LogP contribution in [0.5, 0.6) is 0 Å². The van der Waals surface area contributed by atoms with Crippen molar-refractivity contribution in [1.29, 1.82) is 0 Å². The van der Waals surface area contributed by atoms with Crippen molar-refractivity contribution in [2.24, 2.45) is 0 Å². The van der Waals surface area contributed by atoms with Gasteiger partial charge in [0.15, 0.2) is 0 Å². The maximum Gasteiger partial charge on any atom is 0.274 e. The largest absolute Gasteiger partial charge is 0.380 e. The summed E-state index contributed by atoms with van der Waals surface area (Å²) < 4.78 is 0. The van der Waals surface area contributed by atoms with Gasteiger partial charge in [0.25, 0.3) is 11.4 Å². The zero-order chi connectivity index (χ0) is 16.1. The van der Waals surface area contributed by atoms with Crippen LogP contribution in [0.2, 0.25) is 0 Å². The van der Waals surface area contributed by atoms with Crippen molar-refractivity contribution in [3.63, 3.8) is 0 Å². The molecule has 0 saturated carbocycles. The molecule has 0 saturated heterocycles. The average Bonchev–Trinajstić information content (AvgIpc) is 2.52. The van der Waals surface area contributed by atoms with Gasteiger partial charge in [-0.3, -0.25) is 20.2 Å². The number of nitrogens with one attached hydrogen (secondary N) is 1. The number of anilines is 1. The Balaban J connectivity index is 2.21. The SMILES string of the molecule is CCc1ccc(NCc2ccccc2[N+](=O)[O-])cc1[N+](=O)[O-]. The van der Waals surface area contributed by atoms with E-state index in [1.807, 2.05) is 6.92 Å². The molecule has 0 aliphatic rings. The summed E-state index contributed by atoms with van der Waals surface area (Å²) in [7, 11) is 0. The van der Waals surface area contributed by atoms with Gasteiger partial charge in [-0.05, 0) is 12.5 Å². The molecule has 7 heteroatoms. The van der Waals surface area contributed by atoms with Crippen molar-refractivity contribution < 1.29 is 9.85 Å². The fraction of sp³-hybridized carbons (Fsp3) is 0.200. The van der Waals surface area contributed by atoms with E-state index >= 15 is 0 Å². The van der Waals surface area contributed by atoms with Crippen molar-refractivity contribution in [2.75, 3.05) is 5.32 Å². The number of rotatable bonds is 6. The molecular weight excluding hydrogens is 286 g/mol. The van der Waals surface area contributed by atoms with Gasteiger partial charge in [-0.2, -0.15) is 0 Å². The Morgan fingerprint density at radius 3 is 2.27 bits per heavy atom. The molecular formula is C15H15N3O4. The predicted octanol–water partition coefficient (Wildman–Crippen LogP) is 3.68. The number of hydrogen-bond donors (Lipinski definition) is 1. The molecule has 0 aliphatic heterocycles. The fourth-order valence-corrected chi connectivity index (χ4v) is 2.18. The molecule has 0 amide bonds. The van der Waals surface area contributed by atoms with Gasteiger partial charge >= 0.3 is 0 Å². The zero-order valence-corrected chi connectivity index (χ0v) is 12.0. The van der Waals surface area contributed by atoms with Gasteiger partial charge in [-0.25, -0.2) is 0 Å². The number of benzene rings is 2. The summed E-state index contributed by atoms with van der Waals surface area (Å²) in [5.41, 5.74) is 1.81. The Labute approximate surface area is 126 Å². The first-order valence-corrected chi connectivity index (χ1v) is 6.76. The van der Waals surface area contributed by atoms with Crippen LogP contribution in [0, 0.1) is 20.2 Å². The second kappa shape index (κ2) is 6.66. The Hall–Kier alpha value is -2.96. The maximum absolute atomic E-state index is 11.0. The minimum Gasteiger partial charge on any atom is -0.380 e. The molecule has 2 aromatic rings. The molecule has 0 spiro atoms. The van der Waals surface area contributed by atoms with Gasteiger partial charge in [0, 0.05) is 35.5 Å². The van der Waals surface area contributed by atoms with E-state index in [2.05, 4.69) is 5.32 Å². The lowest BCUT2D eigenvalue weighted by Crippen LogP contribution is -2.04. The van der Waals surface area contributed by atoms with Crippen LogP contribution in [-0.2, 0) is 13.0 Å². The highest BCUT2D eigenvalue weighted by Gasteiger charge is 2.15. The van der Waals surface area contributed by atoms with E-state index in [0.717, 1.165) is 0 Å². The van der Waals surface area contributed by atoms with Crippen LogP contribution >= 0.6 is 0 Å². The van der Waals surface area contributed by atoms with Gasteiger partial charge in [0.2, 0.25) is 0 Å². The molecule has 2 aromatic carbocycles. The molecule has 0 aromatic heterocycles. The number of nitro groups is 2. The summed E-state index contributed by atoms with van der Waals surface area (Å²) in [6, 6.07) is 11.3. The first-order valence-electron chi connectivity index (χ1n) is 6.76. The molecule has 1 N–H and O–H groups in total. The third-order valence-electron chi connectivity index (χ3n) is 3.33. The molecule has 0 aliphatic carbocycles. The lowest BCUT2D eigenvalue weighted by molar-refractivity contribution is -0.385. The maximum atomic E-state index is 11.0. The minimum absolute atomic E-state index is 0.0229. The molecule has 7 nitrogen and oxygen atoms in total. The van der Waals surface area contributed by atoms with Gasteiger partial charge in [0.1, 0.15) is 0 Å². The van der Waals surface area contributed by atoms with E-state index in [4.69, 9.17) is 0 Å². The van der Waals surface area contributed by atoms with E-state index in [1.54, 1.807) is 30.3 Å². The highest BCUT2D eigenvalue weighted by molar-refractivity contribution is 5.56. The third kappa shape index (κ3) is 3.38. The number of aryl methyl sites for hydroxylation is 1. The van der Waals surface area contributed by atoms with Crippen LogP contribution in [0.3, 0.4) is 0 Å². The van der Waals surface area contributed by atoms with Crippen molar-refractivity contribution >= 4 is 17.1 Å². The monoisotopic (exact) mass is 301 g/mol. The second-order valence-electron chi connectivity index (χ2n) is 4.69. The number of nitro benzene ring substituents is 2. The fourth-order valence-electron chi connectivity index (χ4n) is 2.18. The molecule has 0 bridgehead atoms. The second-order valence-corrected chi connectivity index (χ2v) is 4.69. The van der Waals surface area contributed by atoms with E-state index in [1.165, 1.54) is 12.1 Å². The molecule has 114 valence electrons. The smallest absolute Gasteiger partial charge is 0.274 e. The molecule has 0 fully saturated rings. The van der Waals surface area contributed by atoms with Crippen molar-refractivity contribution in [3.05, 3.63) is 73.8 Å². The Bertz CT molecular complexity index is 716. The van der Waals surface area contributed by atoms with Crippen LogP contribution in [0.15, 0.2) is 42.5 Å². The highest BCUT2D eigenvalue weighted by atomic mass is 16.6. The highest BCUT2D eigenvalue weighted by Crippen LogP contribution is 2.25. The van der Waals surface area contributed by atoms with Crippen molar-refractivity contribution in [2.45, 2.75) is 19.9 Å². The van der Waals surface area contributed by atoms with Crippen LogP contribution in [0.1, 0.15) is 18.1 Å². The average molecular weight is 301 g/mol. The number of para-hydroxylation sites is 1. The van der Waals surface area contributed by atoms with Crippen LogP contribution in [0.25, 0.3) is 0 Å². The van der Waals surface area contributed by atoms with Crippen molar-refractivity contribution in [3.8, 4) is 0 Å². The zero-order valence-electron chi connectivity index (χ0n) is 12.0. The van der Waals surface area contributed by atoms with E-state index in [9.17, 15) is 20.2 Å². The van der Waals surface area contributed by atoms with Gasteiger partial charge in [-0.1, -0.05) is 31.2 Å². The van der Waals surface area contributed by atoms with E-state index in [-0.39, 0.29) is 17.9 Å². The summed E-state index contributed by atoms with van der Waals surface area (Å²) in [5, 5.41) is 25.0. The first kappa shape index (κ1) is 15.4. The summed E-state index contributed by atoms with van der Waals surface area (Å²) >= 11 is 0. The molecule has 2 rings (SSSR count). The van der Waals surface area contributed by atoms with E-state index in [0.29, 0.717) is 23.2 Å². The van der Waals surface area contributed by atoms with Crippen LogP contribution < -0.4 is 5.32 Å². The minimum atomic E-state index is -0.445. The van der Waals surface area contributed by atoms with Crippen molar-refractivity contribution in [1.82, 2.24) is 0 Å².